The zero-order chi connectivity index (χ0) is 13.2. The van der Waals surface area contributed by atoms with Gasteiger partial charge in [0, 0.05) is 5.56 Å². The Balaban J connectivity index is 1.71. The molecule has 0 saturated carbocycles. The molecule has 0 aliphatic carbocycles. The predicted octanol–water partition coefficient (Wildman–Crippen LogP) is 0.618. The van der Waals surface area contributed by atoms with E-state index in [4.69, 9.17) is 0 Å². The summed E-state index contributed by atoms with van der Waals surface area (Å²) in [6.45, 7) is 0. The van der Waals surface area contributed by atoms with Crippen molar-refractivity contribution in [1.82, 2.24) is 20.5 Å². The van der Waals surface area contributed by atoms with Crippen molar-refractivity contribution in [1.29, 1.82) is 0 Å². The average Bonchev–Trinajstić information content (AvgIpc) is 3.00. The number of fused-ring (bicyclic) bond motifs is 1. The molecule has 7 nitrogen and oxygen atoms in total. The lowest BCUT2D eigenvalue weighted by Crippen LogP contribution is -2.24. The molecule has 0 bridgehead atoms. The van der Waals surface area contributed by atoms with Gasteiger partial charge in [-0.1, -0.05) is 18.2 Å². The molecule has 1 aliphatic rings. The van der Waals surface area contributed by atoms with Crippen molar-refractivity contribution >= 4 is 17.8 Å². The van der Waals surface area contributed by atoms with E-state index in [9.17, 15) is 9.59 Å². The highest BCUT2D eigenvalue weighted by molar-refractivity contribution is 6.00. The number of rotatable bonds is 3. The Kier molecular flexibility index (Phi) is 2.71. The van der Waals surface area contributed by atoms with Crippen LogP contribution in [0.2, 0.25) is 0 Å². The fraction of sp³-hybridized carbons (Fsp3) is 0.167. The lowest BCUT2D eigenvalue weighted by Gasteiger charge is -2.10. The van der Waals surface area contributed by atoms with Gasteiger partial charge < -0.3 is 5.32 Å². The summed E-state index contributed by atoms with van der Waals surface area (Å²) < 4.78 is 0. The van der Waals surface area contributed by atoms with Crippen LogP contribution < -0.4 is 10.6 Å². The maximum atomic E-state index is 11.8. The van der Waals surface area contributed by atoms with Gasteiger partial charge in [-0.15, -0.1) is 0 Å². The summed E-state index contributed by atoms with van der Waals surface area (Å²) in [4.78, 5) is 27.3. The summed E-state index contributed by atoms with van der Waals surface area (Å²) in [5.74, 6) is -0.0885. The van der Waals surface area contributed by atoms with Gasteiger partial charge in [-0.2, -0.15) is 10.1 Å². The maximum Gasteiger partial charge on any atom is 0.252 e. The summed E-state index contributed by atoms with van der Waals surface area (Å²) in [7, 11) is 0. The van der Waals surface area contributed by atoms with Crippen LogP contribution in [0.15, 0.2) is 30.6 Å². The van der Waals surface area contributed by atoms with E-state index in [1.807, 2.05) is 12.1 Å². The van der Waals surface area contributed by atoms with Gasteiger partial charge in [-0.05, 0) is 11.6 Å². The molecule has 2 heterocycles. The van der Waals surface area contributed by atoms with Crippen LogP contribution in [0.1, 0.15) is 28.4 Å². The largest absolute Gasteiger partial charge is 0.345 e. The Morgan fingerprint density at radius 1 is 1.37 bits per heavy atom. The molecule has 0 unspecified atom stereocenters. The number of H-pyrrole nitrogens is 1. The number of aromatic amines is 1. The quantitative estimate of drug-likeness (QED) is 0.750. The van der Waals surface area contributed by atoms with E-state index in [0.29, 0.717) is 11.5 Å². The number of benzene rings is 1. The van der Waals surface area contributed by atoms with Crippen LogP contribution in [-0.2, 0) is 4.79 Å². The van der Waals surface area contributed by atoms with Crippen LogP contribution in [-0.4, -0.2) is 27.0 Å². The van der Waals surface area contributed by atoms with Crippen molar-refractivity contribution in [3.05, 3.63) is 41.7 Å². The summed E-state index contributed by atoms with van der Waals surface area (Å²) >= 11 is 0. The van der Waals surface area contributed by atoms with Gasteiger partial charge in [0.1, 0.15) is 6.33 Å². The molecule has 0 fully saturated rings. The predicted molar refractivity (Wildman–Crippen MR) is 66.3 cm³/mol. The van der Waals surface area contributed by atoms with Crippen molar-refractivity contribution < 1.29 is 9.59 Å². The van der Waals surface area contributed by atoms with Crippen LogP contribution in [0.4, 0.5) is 5.95 Å². The Morgan fingerprint density at radius 3 is 3.00 bits per heavy atom. The number of nitrogens with one attached hydrogen (secondary N) is 3. The van der Waals surface area contributed by atoms with Gasteiger partial charge in [0.2, 0.25) is 11.9 Å². The van der Waals surface area contributed by atoms with E-state index in [0.717, 1.165) is 5.56 Å². The van der Waals surface area contributed by atoms with Crippen molar-refractivity contribution in [2.75, 3.05) is 5.32 Å². The molecule has 2 aromatic rings. The number of aromatic nitrogens is 3. The molecule has 3 rings (SSSR count). The zero-order valence-corrected chi connectivity index (χ0v) is 9.88. The lowest BCUT2D eigenvalue weighted by molar-refractivity contribution is -0.116. The van der Waals surface area contributed by atoms with Gasteiger partial charge in [0.25, 0.3) is 5.91 Å². The molecule has 1 aromatic heterocycles. The maximum absolute atomic E-state index is 11.8. The number of carbonyl (C=O) groups is 2. The lowest BCUT2D eigenvalue weighted by atomic mass is 10.0. The number of carbonyl (C=O) groups excluding carboxylic acids is 2. The molecule has 7 heteroatoms. The molecule has 3 N–H and O–H groups in total. The third kappa shape index (κ3) is 2.17. The first-order chi connectivity index (χ1) is 9.24. The van der Waals surface area contributed by atoms with Crippen LogP contribution in [0.3, 0.4) is 0 Å². The van der Waals surface area contributed by atoms with Crippen LogP contribution >= 0.6 is 0 Å². The Labute approximate surface area is 108 Å². The topological polar surface area (TPSA) is 99.8 Å². The highest BCUT2D eigenvalue weighted by Crippen LogP contribution is 2.27. The number of hydrogen-bond donors (Lipinski definition) is 3. The van der Waals surface area contributed by atoms with Gasteiger partial charge in [0.15, 0.2) is 0 Å². The first-order valence-corrected chi connectivity index (χ1v) is 5.79. The fourth-order valence-electron chi connectivity index (χ4n) is 2.12. The zero-order valence-electron chi connectivity index (χ0n) is 9.88. The summed E-state index contributed by atoms with van der Waals surface area (Å²) in [5.41, 5.74) is 1.47. The molecule has 96 valence electrons. The summed E-state index contributed by atoms with van der Waals surface area (Å²) in [6, 6.07) is 6.95. The van der Waals surface area contributed by atoms with Gasteiger partial charge in [-0.25, -0.2) is 5.10 Å². The second-order valence-electron chi connectivity index (χ2n) is 4.20. The first-order valence-electron chi connectivity index (χ1n) is 5.79. The molecule has 0 saturated heterocycles. The Bertz CT molecular complexity index is 623. The highest BCUT2D eigenvalue weighted by Gasteiger charge is 2.29. The molecule has 0 spiro atoms. The first kappa shape index (κ1) is 11.4. The van der Waals surface area contributed by atoms with E-state index < -0.39 is 0 Å². The Hall–Kier alpha value is -2.70. The molecule has 0 radical (unpaired) electrons. The van der Waals surface area contributed by atoms with Crippen molar-refractivity contribution in [3.63, 3.8) is 0 Å². The van der Waals surface area contributed by atoms with Gasteiger partial charge in [0.05, 0.1) is 12.5 Å². The second-order valence-corrected chi connectivity index (χ2v) is 4.20. The van der Waals surface area contributed by atoms with Gasteiger partial charge >= 0.3 is 0 Å². The smallest absolute Gasteiger partial charge is 0.252 e. The van der Waals surface area contributed by atoms with Crippen LogP contribution in [0.5, 0.6) is 0 Å². The van der Waals surface area contributed by atoms with E-state index in [-0.39, 0.29) is 24.3 Å². The SMILES string of the molecule is O=C(C[C@@H]1NC(=O)c2ccccc21)Nc1ncn[nH]1. The van der Waals surface area contributed by atoms with Crippen molar-refractivity contribution in [2.24, 2.45) is 0 Å². The van der Waals surface area contributed by atoms with Crippen molar-refractivity contribution in [3.8, 4) is 0 Å². The number of hydrogen-bond acceptors (Lipinski definition) is 4. The Morgan fingerprint density at radius 2 is 2.21 bits per heavy atom. The number of nitrogens with zero attached hydrogens (tertiary/aromatic N) is 2. The number of amides is 2. The molecule has 1 atom stereocenters. The van der Waals surface area contributed by atoms with Crippen LogP contribution in [0, 0.1) is 0 Å². The third-order valence-corrected chi connectivity index (χ3v) is 2.95. The van der Waals surface area contributed by atoms with Crippen LogP contribution in [0.25, 0.3) is 0 Å². The standard InChI is InChI=1S/C12H11N5O2/c18-10(16-12-13-6-14-17-12)5-9-7-3-1-2-4-8(7)11(19)15-9/h1-4,6,9H,5H2,(H,15,19)(H2,13,14,16,17,18)/t9-/m0/s1. The molecule has 1 aromatic carbocycles. The monoisotopic (exact) mass is 257 g/mol. The van der Waals surface area contributed by atoms with E-state index >= 15 is 0 Å². The number of anilines is 1. The minimum Gasteiger partial charge on any atom is -0.345 e. The minimum absolute atomic E-state index is 0.145. The molecular weight excluding hydrogens is 246 g/mol. The summed E-state index contributed by atoms with van der Waals surface area (Å²) in [5, 5.41) is 11.5. The fourth-order valence-corrected chi connectivity index (χ4v) is 2.12. The summed E-state index contributed by atoms with van der Waals surface area (Å²) in [6.07, 6.45) is 1.46. The van der Waals surface area contributed by atoms with Gasteiger partial charge in [-0.3, -0.25) is 14.9 Å². The molecular formula is C12H11N5O2. The average molecular weight is 257 g/mol. The highest BCUT2D eigenvalue weighted by atomic mass is 16.2. The molecule has 19 heavy (non-hydrogen) atoms. The molecule has 2 amide bonds. The minimum atomic E-state index is -0.299. The molecule has 1 aliphatic heterocycles. The van der Waals surface area contributed by atoms with E-state index in [1.165, 1.54) is 6.33 Å². The van der Waals surface area contributed by atoms with E-state index in [2.05, 4.69) is 25.8 Å². The second kappa shape index (κ2) is 4.52. The van der Waals surface area contributed by atoms with Crippen molar-refractivity contribution in [2.45, 2.75) is 12.5 Å². The van der Waals surface area contributed by atoms with E-state index in [1.54, 1.807) is 12.1 Å². The normalized spacial score (nSPS) is 16.8. The third-order valence-electron chi connectivity index (χ3n) is 2.95.